The lowest BCUT2D eigenvalue weighted by atomic mass is 10.2. The van der Waals surface area contributed by atoms with Gasteiger partial charge >= 0.3 is 0 Å². The molecule has 0 bridgehead atoms. The second-order valence-corrected chi connectivity index (χ2v) is 8.52. The zero-order valence-electron chi connectivity index (χ0n) is 17.6. The van der Waals surface area contributed by atoms with Gasteiger partial charge in [0.2, 0.25) is 0 Å². The van der Waals surface area contributed by atoms with Gasteiger partial charge < -0.3 is 4.74 Å². The van der Waals surface area contributed by atoms with Crippen LogP contribution >= 0.6 is 15.9 Å². The summed E-state index contributed by atoms with van der Waals surface area (Å²) in [6.45, 7) is 4.05. The number of fused-ring (bicyclic) bond motifs is 1. The highest BCUT2D eigenvalue weighted by molar-refractivity contribution is 9.10. The minimum absolute atomic E-state index is 0.00309. The molecule has 0 saturated heterocycles. The first-order chi connectivity index (χ1) is 15.4. The molecule has 0 aliphatic rings. The van der Waals surface area contributed by atoms with Gasteiger partial charge in [-0.3, -0.25) is 4.79 Å². The summed E-state index contributed by atoms with van der Waals surface area (Å²) in [5, 5.41) is 4.93. The number of nitrogens with zero attached hydrogens (tertiary/aromatic N) is 3. The third-order valence-electron chi connectivity index (χ3n) is 4.88. The molecule has 3 aromatic carbocycles. The Labute approximate surface area is 193 Å². The van der Waals surface area contributed by atoms with E-state index >= 15 is 0 Å². The molecule has 0 N–H and O–H groups in total. The molecule has 32 heavy (non-hydrogen) atoms. The van der Waals surface area contributed by atoms with Gasteiger partial charge in [0.05, 0.1) is 17.1 Å². The lowest BCUT2D eigenvalue weighted by Gasteiger charge is -2.12. The quantitative estimate of drug-likeness (QED) is 0.315. The number of hydrogen-bond donors (Lipinski definition) is 0. The monoisotopic (exact) mass is 493 g/mol. The smallest absolute Gasteiger partial charge is 0.282 e. The van der Waals surface area contributed by atoms with Crippen LogP contribution in [0, 0.1) is 5.82 Å². The molecule has 0 spiro atoms. The SMILES string of the molecule is CC(C)c1nc2ccc(Br)cc2c(=O)n1N=Cc1cccc(OCc2ccccc2F)c1. The summed E-state index contributed by atoms with van der Waals surface area (Å²) < 4.78 is 21.7. The summed E-state index contributed by atoms with van der Waals surface area (Å²) in [6.07, 6.45) is 1.59. The molecule has 0 atom stereocenters. The van der Waals surface area contributed by atoms with Crippen LogP contribution in [0.25, 0.3) is 10.9 Å². The molecule has 0 radical (unpaired) electrons. The van der Waals surface area contributed by atoms with E-state index < -0.39 is 0 Å². The van der Waals surface area contributed by atoms with Crippen molar-refractivity contribution in [2.75, 3.05) is 0 Å². The van der Waals surface area contributed by atoms with Gasteiger partial charge in [-0.15, -0.1) is 0 Å². The highest BCUT2D eigenvalue weighted by Gasteiger charge is 2.13. The first-order valence-corrected chi connectivity index (χ1v) is 10.9. The van der Waals surface area contributed by atoms with Crippen LogP contribution in [0.1, 0.15) is 36.7 Å². The lowest BCUT2D eigenvalue weighted by Crippen LogP contribution is -2.23. The normalized spacial score (nSPS) is 11.5. The molecule has 0 unspecified atom stereocenters. The average molecular weight is 494 g/mol. The molecule has 0 amide bonds. The van der Waals surface area contributed by atoms with Crippen molar-refractivity contribution in [1.82, 2.24) is 9.66 Å². The Morgan fingerprint density at radius 1 is 1.12 bits per heavy atom. The third kappa shape index (κ3) is 4.78. The predicted molar refractivity (Wildman–Crippen MR) is 128 cm³/mol. The summed E-state index contributed by atoms with van der Waals surface area (Å²) in [7, 11) is 0. The predicted octanol–water partition coefficient (Wildman–Crippen LogP) is 5.88. The van der Waals surface area contributed by atoms with E-state index in [1.165, 1.54) is 10.7 Å². The number of rotatable bonds is 6. The third-order valence-corrected chi connectivity index (χ3v) is 5.38. The lowest BCUT2D eigenvalue weighted by molar-refractivity contribution is 0.300. The van der Waals surface area contributed by atoms with Crippen LogP contribution in [0.3, 0.4) is 0 Å². The van der Waals surface area contributed by atoms with Gasteiger partial charge in [-0.05, 0) is 42.0 Å². The van der Waals surface area contributed by atoms with Crippen molar-refractivity contribution in [1.29, 1.82) is 0 Å². The standard InChI is InChI=1S/C25H21BrFN3O2/c1-16(2)24-29-23-11-10-19(26)13-21(23)25(31)30(24)28-14-17-6-5-8-20(12-17)32-15-18-7-3-4-9-22(18)27/h3-14,16H,15H2,1-2H3. The molecule has 0 fully saturated rings. The van der Waals surface area contributed by atoms with Crippen LogP contribution in [-0.2, 0) is 6.61 Å². The van der Waals surface area contributed by atoms with Crippen molar-refractivity contribution in [2.24, 2.45) is 5.10 Å². The molecule has 0 saturated carbocycles. The van der Waals surface area contributed by atoms with E-state index in [-0.39, 0.29) is 23.9 Å². The summed E-state index contributed by atoms with van der Waals surface area (Å²) >= 11 is 3.41. The van der Waals surface area contributed by atoms with Crippen molar-refractivity contribution >= 4 is 33.0 Å². The Kier molecular flexibility index (Phi) is 6.46. The molecule has 1 heterocycles. The van der Waals surface area contributed by atoms with Crippen molar-refractivity contribution in [3.05, 3.63) is 104 Å². The largest absolute Gasteiger partial charge is 0.489 e. The number of halogens is 2. The fraction of sp³-hybridized carbons (Fsp3) is 0.160. The van der Waals surface area contributed by atoms with Gasteiger partial charge in [0.25, 0.3) is 5.56 Å². The molecular weight excluding hydrogens is 473 g/mol. The van der Waals surface area contributed by atoms with Crippen molar-refractivity contribution in [2.45, 2.75) is 26.4 Å². The van der Waals surface area contributed by atoms with Crippen molar-refractivity contribution in [3.63, 3.8) is 0 Å². The summed E-state index contributed by atoms with van der Waals surface area (Å²) in [5.41, 5.74) is 1.63. The Morgan fingerprint density at radius 2 is 1.94 bits per heavy atom. The zero-order chi connectivity index (χ0) is 22.7. The van der Waals surface area contributed by atoms with Crippen LogP contribution < -0.4 is 10.3 Å². The van der Waals surface area contributed by atoms with E-state index in [2.05, 4.69) is 26.0 Å². The first-order valence-electron chi connectivity index (χ1n) is 10.1. The molecule has 0 aliphatic carbocycles. The van der Waals surface area contributed by atoms with Gasteiger partial charge in [-0.2, -0.15) is 9.78 Å². The fourth-order valence-corrected chi connectivity index (χ4v) is 3.60. The van der Waals surface area contributed by atoms with Crippen LogP contribution in [-0.4, -0.2) is 15.9 Å². The molecule has 4 aromatic rings. The molecule has 4 rings (SSSR count). The van der Waals surface area contributed by atoms with E-state index in [1.807, 2.05) is 38.1 Å². The second-order valence-electron chi connectivity index (χ2n) is 7.60. The number of aromatic nitrogens is 2. The first kappa shape index (κ1) is 21.9. The van der Waals surface area contributed by atoms with Crippen LogP contribution in [0.15, 0.2) is 81.1 Å². The Hall–Kier alpha value is -3.32. The fourth-order valence-electron chi connectivity index (χ4n) is 3.24. The van der Waals surface area contributed by atoms with Gasteiger partial charge in [-0.25, -0.2) is 9.37 Å². The van der Waals surface area contributed by atoms with E-state index in [9.17, 15) is 9.18 Å². The van der Waals surface area contributed by atoms with Gasteiger partial charge in [0.1, 0.15) is 24.0 Å². The van der Waals surface area contributed by atoms with Crippen LogP contribution in [0.4, 0.5) is 4.39 Å². The Morgan fingerprint density at radius 3 is 2.72 bits per heavy atom. The Balaban J connectivity index is 1.64. The summed E-state index contributed by atoms with van der Waals surface area (Å²) in [5.74, 6) is 0.854. The zero-order valence-corrected chi connectivity index (χ0v) is 19.2. The minimum atomic E-state index is -0.304. The second kappa shape index (κ2) is 9.44. The van der Waals surface area contributed by atoms with Crippen molar-refractivity contribution < 1.29 is 9.13 Å². The van der Waals surface area contributed by atoms with E-state index in [4.69, 9.17) is 4.74 Å². The highest BCUT2D eigenvalue weighted by Crippen LogP contribution is 2.19. The molecule has 7 heteroatoms. The maximum Gasteiger partial charge on any atom is 0.282 e. The summed E-state index contributed by atoms with van der Waals surface area (Å²) in [6, 6.07) is 19.2. The topological polar surface area (TPSA) is 56.5 Å². The molecule has 1 aromatic heterocycles. The summed E-state index contributed by atoms with van der Waals surface area (Å²) in [4.78, 5) is 17.8. The van der Waals surface area contributed by atoms with E-state index in [0.717, 1.165) is 10.0 Å². The van der Waals surface area contributed by atoms with E-state index in [1.54, 1.807) is 42.6 Å². The van der Waals surface area contributed by atoms with Gasteiger partial charge in [-0.1, -0.05) is 60.1 Å². The number of ether oxygens (including phenoxy) is 1. The Bertz CT molecular complexity index is 1370. The molecule has 162 valence electrons. The van der Waals surface area contributed by atoms with Gasteiger partial charge in [0, 0.05) is 16.0 Å². The van der Waals surface area contributed by atoms with Crippen LogP contribution in [0.2, 0.25) is 0 Å². The van der Waals surface area contributed by atoms with Gasteiger partial charge in [0.15, 0.2) is 0 Å². The van der Waals surface area contributed by atoms with Crippen LogP contribution in [0.5, 0.6) is 5.75 Å². The maximum atomic E-state index is 13.8. The molecular formula is C25H21BrFN3O2. The molecule has 5 nitrogen and oxygen atoms in total. The molecule has 0 aliphatic heterocycles. The minimum Gasteiger partial charge on any atom is -0.489 e. The number of hydrogen-bond acceptors (Lipinski definition) is 4. The average Bonchev–Trinajstić information content (AvgIpc) is 2.78. The van der Waals surface area contributed by atoms with E-state index in [0.29, 0.717) is 28.0 Å². The maximum absolute atomic E-state index is 13.8. The highest BCUT2D eigenvalue weighted by atomic mass is 79.9. The number of benzene rings is 3. The van der Waals surface area contributed by atoms with Crippen molar-refractivity contribution in [3.8, 4) is 5.75 Å².